The van der Waals surface area contributed by atoms with E-state index < -0.39 is 0 Å². The summed E-state index contributed by atoms with van der Waals surface area (Å²) in [5, 5.41) is 3.75. The van der Waals surface area contributed by atoms with E-state index in [-0.39, 0.29) is 5.95 Å². The fourth-order valence-corrected chi connectivity index (χ4v) is 2.00. The smallest absolute Gasteiger partial charge is 0.222 e. The zero-order chi connectivity index (χ0) is 12.4. The Morgan fingerprint density at radius 2 is 2.00 bits per heavy atom. The van der Waals surface area contributed by atoms with Crippen molar-refractivity contribution in [2.45, 2.75) is 0 Å². The van der Waals surface area contributed by atoms with Crippen LogP contribution in [0.1, 0.15) is 0 Å². The van der Waals surface area contributed by atoms with E-state index in [1.165, 1.54) is 0 Å². The van der Waals surface area contributed by atoms with Gasteiger partial charge in [0.05, 0.1) is 10.2 Å². The second kappa shape index (κ2) is 5.20. The number of anilines is 3. The Bertz CT molecular complexity index is 512. The monoisotopic (exact) mass is 376 g/mol. The molecule has 0 saturated heterocycles. The number of nitrogens with zero attached hydrogens (tertiary/aromatic N) is 2. The van der Waals surface area contributed by atoms with Gasteiger partial charge in [-0.15, -0.1) is 0 Å². The van der Waals surface area contributed by atoms with Crippen molar-refractivity contribution in [1.82, 2.24) is 9.97 Å². The lowest BCUT2D eigenvalue weighted by Crippen LogP contribution is -2.00. The van der Waals surface area contributed by atoms with E-state index in [0.717, 1.165) is 14.6 Å². The lowest BCUT2D eigenvalue weighted by atomic mass is 10.3. The highest BCUT2D eigenvalue weighted by Crippen LogP contribution is 2.30. The molecule has 0 saturated carbocycles. The Labute approximate surface area is 120 Å². The minimum absolute atomic E-state index is 0.203. The highest BCUT2D eigenvalue weighted by atomic mass is 79.9. The van der Waals surface area contributed by atoms with E-state index in [9.17, 15) is 0 Å². The molecule has 3 N–H and O–H groups in total. The molecule has 1 aromatic carbocycles. The van der Waals surface area contributed by atoms with Gasteiger partial charge in [-0.2, -0.15) is 4.98 Å². The molecule has 0 amide bonds. The first-order chi connectivity index (χ1) is 8.06. The van der Waals surface area contributed by atoms with Crippen molar-refractivity contribution in [1.29, 1.82) is 0 Å². The van der Waals surface area contributed by atoms with Crippen LogP contribution in [-0.4, -0.2) is 9.97 Å². The van der Waals surface area contributed by atoms with Crippen molar-refractivity contribution in [2.24, 2.45) is 0 Å². The molecule has 0 unspecified atom stereocenters. The Morgan fingerprint density at radius 3 is 2.76 bits per heavy atom. The third kappa shape index (κ3) is 3.08. The van der Waals surface area contributed by atoms with E-state index in [4.69, 9.17) is 17.3 Å². The van der Waals surface area contributed by atoms with Crippen LogP contribution in [0, 0.1) is 0 Å². The summed E-state index contributed by atoms with van der Waals surface area (Å²) in [6, 6.07) is 5.43. The summed E-state index contributed by atoms with van der Waals surface area (Å²) < 4.78 is 1.60. The largest absolute Gasteiger partial charge is 0.368 e. The number of rotatable bonds is 2. The molecule has 4 nitrogen and oxygen atoms in total. The second-order valence-electron chi connectivity index (χ2n) is 3.17. The lowest BCUT2D eigenvalue weighted by molar-refractivity contribution is 1.17. The number of nitrogens with two attached hydrogens (primary N) is 1. The van der Waals surface area contributed by atoms with Gasteiger partial charge in [-0.3, -0.25) is 0 Å². The molecular formula is C10H7Br2ClN4. The molecule has 0 bridgehead atoms. The molecule has 0 aliphatic rings. The average molecular weight is 378 g/mol. The first-order valence-electron chi connectivity index (χ1n) is 4.56. The van der Waals surface area contributed by atoms with Gasteiger partial charge in [-0.05, 0) is 50.1 Å². The van der Waals surface area contributed by atoms with Crippen molar-refractivity contribution < 1.29 is 0 Å². The first-order valence-corrected chi connectivity index (χ1v) is 6.53. The molecule has 0 spiro atoms. The molecule has 1 aromatic heterocycles. The molecular weight excluding hydrogens is 371 g/mol. The quantitative estimate of drug-likeness (QED) is 0.830. The molecule has 7 heteroatoms. The molecule has 0 atom stereocenters. The Hall–Kier alpha value is -0.850. The second-order valence-corrected chi connectivity index (χ2v) is 5.32. The highest BCUT2D eigenvalue weighted by Gasteiger charge is 2.06. The molecule has 1 heterocycles. The number of halogens is 3. The fourth-order valence-electron chi connectivity index (χ4n) is 1.19. The van der Waals surface area contributed by atoms with E-state index in [1.54, 1.807) is 18.3 Å². The van der Waals surface area contributed by atoms with Gasteiger partial charge in [0.25, 0.3) is 0 Å². The summed E-state index contributed by atoms with van der Waals surface area (Å²) in [5.41, 5.74) is 6.33. The highest BCUT2D eigenvalue weighted by molar-refractivity contribution is 9.11. The first kappa shape index (κ1) is 12.6. The normalized spacial score (nSPS) is 10.3. The Balaban J connectivity index is 2.37. The van der Waals surface area contributed by atoms with Crippen LogP contribution in [0.5, 0.6) is 0 Å². The van der Waals surface area contributed by atoms with E-state index >= 15 is 0 Å². The van der Waals surface area contributed by atoms with Crippen molar-refractivity contribution in [3.63, 3.8) is 0 Å². The summed E-state index contributed by atoms with van der Waals surface area (Å²) in [7, 11) is 0. The summed E-state index contributed by atoms with van der Waals surface area (Å²) in [6.45, 7) is 0. The summed E-state index contributed by atoms with van der Waals surface area (Å²) in [4.78, 5) is 7.95. The van der Waals surface area contributed by atoms with Gasteiger partial charge in [0.1, 0.15) is 5.82 Å². The molecule has 0 aliphatic carbocycles. The number of nitrogens with one attached hydrogen (secondary N) is 1. The van der Waals surface area contributed by atoms with Crippen LogP contribution in [0.15, 0.2) is 33.3 Å². The fraction of sp³-hybridized carbons (Fsp3) is 0. The van der Waals surface area contributed by atoms with Crippen LogP contribution in [0.2, 0.25) is 5.02 Å². The zero-order valence-corrected chi connectivity index (χ0v) is 12.3. The SMILES string of the molecule is Nc1ncc(Br)c(Nc2cc(Cl)ccc2Br)n1. The third-order valence-corrected chi connectivity index (χ3v) is 3.45. The van der Waals surface area contributed by atoms with Crippen molar-refractivity contribution in [2.75, 3.05) is 11.1 Å². The van der Waals surface area contributed by atoms with Gasteiger partial charge < -0.3 is 11.1 Å². The molecule has 0 radical (unpaired) electrons. The molecule has 88 valence electrons. The van der Waals surface area contributed by atoms with Gasteiger partial charge in [0.2, 0.25) is 5.95 Å². The van der Waals surface area contributed by atoms with Gasteiger partial charge in [-0.1, -0.05) is 11.6 Å². The van der Waals surface area contributed by atoms with E-state index in [0.29, 0.717) is 10.8 Å². The molecule has 2 rings (SSSR count). The van der Waals surface area contributed by atoms with Gasteiger partial charge in [0.15, 0.2) is 0 Å². The average Bonchev–Trinajstić information content (AvgIpc) is 2.28. The van der Waals surface area contributed by atoms with E-state index in [2.05, 4.69) is 47.1 Å². The molecule has 17 heavy (non-hydrogen) atoms. The minimum atomic E-state index is 0.203. The van der Waals surface area contributed by atoms with Crippen molar-refractivity contribution in [3.8, 4) is 0 Å². The number of hydrogen-bond acceptors (Lipinski definition) is 4. The predicted molar refractivity (Wildman–Crippen MR) is 76.6 cm³/mol. The summed E-state index contributed by atoms with van der Waals surface area (Å²) >= 11 is 12.7. The standard InChI is InChI=1S/C10H7Br2ClN4/c11-6-2-1-5(13)3-8(6)16-9-7(12)4-15-10(14)17-9/h1-4H,(H3,14,15,16,17). The number of aromatic nitrogens is 2. The maximum absolute atomic E-state index is 5.92. The lowest BCUT2D eigenvalue weighted by Gasteiger charge is -2.09. The van der Waals surface area contributed by atoms with Gasteiger partial charge in [0, 0.05) is 15.7 Å². The topological polar surface area (TPSA) is 63.8 Å². The molecule has 0 aliphatic heterocycles. The van der Waals surface area contributed by atoms with Crippen LogP contribution in [0.25, 0.3) is 0 Å². The Morgan fingerprint density at radius 1 is 1.24 bits per heavy atom. The summed E-state index contributed by atoms with van der Waals surface area (Å²) in [6.07, 6.45) is 1.59. The van der Waals surface area contributed by atoms with Gasteiger partial charge >= 0.3 is 0 Å². The zero-order valence-electron chi connectivity index (χ0n) is 8.42. The summed E-state index contributed by atoms with van der Waals surface area (Å²) in [5.74, 6) is 0.786. The van der Waals surface area contributed by atoms with Gasteiger partial charge in [-0.25, -0.2) is 4.98 Å². The maximum Gasteiger partial charge on any atom is 0.222 e. The molecule has 2 aromatic rings. The van der Waals surface area contributed by atoms with E-state index in [1.807, 2.05) is 6.07 Å². The number of nitrogen functional groups attached to an aromatic ring is 1. The van der Waals surface area contributed by atoms with Crippen LogP contribution in [0.4, 0.5) is 17.5 Å². The van der Waals surface area contributed by atoms with Crippen LogP contribution >= 0.6 is 43.5 Å². The van der Waals surface area contributed by atoms with Crippen LogP contribution < -0.4 is 11.1 Å². The van der Waals surface area contributed by atoms with Crippen LogP contribution in [-0.2, 0) is 0 Å². The third-order valence-electron chi connectivity index (χ3n) is 1.94. The minimum Gasteiger partial charge on any atom is -0.368 e. The Kier molecular flexibility index (Phi) is 3.86. The number of benzene rings is 1. The number of hydrogen-bond donors (Lipinski definition) is 2. The maximum atomic E-state index is 5.92. The van der Waals surface area contributed by atoms with Crippen molar-refractivity contribution in [3.05, 3.63) is 38.4 Å². The molecule has 0 fully saturated rings. The van der Waals surface area contributed by atoms with Crippen molar-refractivity contribution >= 4 is 60.9 Å². The van der Waals surface area contributed by atoms with Crippen LogP contribution in [0.3, 0.4) is 0 Å². The predicted octanol–water partition coefficient (Wildman–Crippen LogP) is 3.98.